The van der Waals surface area contributed by atoms with Crippen molar-refractivity contribution in [2.75, 3.05) is 7.11 Å². The molecule has 12 heavy (non-hydrogen) atoms. The lowest BCUT2D eigenvalue weighted by Crippen LogP contribution is -2.13. The third-order valence-corrected chi connectivity index (χ3v) is 2.42. The molecule has 2 aliphatic rings. The van der Waals surface area contributed by atoms with Crippen molar-refractivity contribution in [3.8, 4) is 0 Å². The summed E-state index contributed by atoms with van der Waals surface area (Å²) in [6, 6.07) is 0.338. The minimum atomic E-state index is 0.338. The Morgan fingerprint density at radius 1 is 1.58 bits per heavy atom. The van der Waals surface area contributed by atoms with Crippen LogP contribution in [0, 0.1) is 5.92 Å². The van der Waals surface area contributed by atoms with Crippen molar-refractivity contribution in [1.82, 2.24) is 0 Å². The largest absolute Gasteiger partial charge is 0.497 e. The molecule has 0 saturated carbocycles. The van der Waals surface area contributed by atoms with Crippen LogP contribution in [0.3, 0.4) is 0 Å². The van der Waals surface area contributed by atoms with Crippen LogP contribution in [0.2, 0.25) is 0 Å². The van der Waals surface area contributed by atoms with E-state index in [4.69, 9.17) is 4.74 Å². The van der Waals surface area contributed by atoms with E-state index in [-0.39, 0.29) is 0 Å². The molecule has 0 aromatic carbocycles. The first-order chi connectivity index (χ1) is 5.79. The predicted octanol–water partition coefficient (Wildman–Crippen LogP) is 1.94. The summed E-state index contributed by atoms with van der Waals surface area (Å²) in [6.07, 6.45) is 7.44. The fourth-order valence-electron chi connectivity index (χ4n) is 1.79. The van der Waals surface area contributed by atoms with Gasteiger partial charge in [0.2, 0.25) is 0 Å². The first kappa shape index (κ1) is 7.59. The van der Waals surface area contributed by atoms with Crippen molar-refractivity contribution in [2.45, 2.75) is 19.4 Å². The average Bonchev–Trinajstić information content (AvgIpc) is 2.43. The summed E-state index contributed by atoms with van der Waals surface area (Å²) in [5, 5.41) is 0. The summed E-state index contributed by atoms with van der Waals surface area (Å²) in [4.78, 5) is 4.52. The molecule has 0 spiro atoms. The average molecular weight is 163 g/mol. The Morgan fingerprint density at radius 2 is 2.42 bits per heavy atom. The highest BCUT2D eigenvalue weighted by molar-refractivity contribution is 5.84. The minimum Gasteiger partial charge on any atom is -0.497 e. The second-order valence-electron chi connectivity index (χ2n) is 3.36. The van der Waals surface area contributed by atoms with Gasteiger partial charge >= 0.3 is 0 Å². The van der Waals surface area contributed by atoms with Crippen molar-refractivity contribution >= 4 is 5.71 Å². The lowest BCUT2D eigenvalue weighted by Gasteiger charge is -2.15. The molecule has 0 unspecified atom stereocenters. The second-order valence-corrected chi connectivity index (χ2v) is 3.36. The Bertz CT molecular complexity index is 276. The third-order valence-electron chi connectivity index (χ3n) is 2.42. The quantitative estimate of drug-likeness (QED) is 0.579. The van der Waals surface area contributed by atoms with Crippen LogP contribution in [0.4, 0.5) is 0 Å². The summed E-state index contributed by atoms with van der Waals surface area (Å²) in [5.74, 6) is 1.53. The number of nitrogens with zero attached hydrogens (tertiary/aromatic N) is 1. The van der Waals surface area contributed by atoms with Crippen LogP contribution in [0.1, 0.15) is 13.3 Å². The number of methoxy groups -OCH3 is 1. The van der Waals surface area contributed by atoms with Crippen LogP contribution in [0.15, 0.2) is 29.0 Å². The highest BCUT2D eigenvalue weighted by Crippen LogP contribution is 2.28. The topological polar surface area (TPSA) is 21.6 Å². The first-order valence-corrected chi connectivity index (χ1v) is 4.27. The van der Waals surface area contributed by atoms with E-state index in [1.54, 1.807) is 7.11 Å². The molecule has 64 valence electrons. The summed E-state index contributed by atoms with van der Waals surface area (Å²) in [5.41, 5.74) is 1.25. The van der Waals surface area contributed by atoms with Gasteiger partial charge in [-0.05, 0) is 25.5 Å². The van der Waals surface area contributed by atoms with Gasteiger partial charge in [0.15, 0.2) is 0 Å². The lowest BCUT2D eigenvalue weighted by atomic mass is 9.94. The number of allylic oxidation sites excluding steroid dienone is 1. The molecule has 2 nitrogen and oxygen atoms in total. The molecule has 2 heteroatoms. The van der Waals surface area contributed by atoms with Crippen molar-refractivity contribution in [1.29, 1.82) is 0 Å². The van der Waals surface area contributed by atoms with E-state index in [2.05, 4.69) is 24.1 Å². The highest BCUT2D eigenvalue weighted by atomic mass is 16.5. The predicted molar refractivity (Wildman–Crippen MR) is 49.2 cm³/mol. The molecule has 2 rings (SSSR count). The van der Waals surface area contributed by atoms with Crippen LogP contribution < -0.4 is 0 Å². The summed E-state index contributed by atoms with van der Waals surface area (Å²) in [6.45, 7) is 2.09. The number of rotatable bonds is 1. The third kappa shape index (κ3) is 1.17. The molecular formula is C10H13NO. The summed E-state index contributed by atoms with van der Waals surface area (Å²) in [7, 11) is 1.70. The van der Waals surface area contributed by atoms with E-state index in [1.807, 2.05) is 6.08 Å². The maximum atomic E-state index is 5.14. The van der Waals surface area contributed by atoms with Gasteiger partial charge in [0.25, 0.3) is 0 Å². The van der Waals surface area contributed by atoms with E-state index < -0.39 is 0 Å². The molecule has 0 saturated heterocycles. The summed E-state index contributed by atoms with van der Waals surface area (Å²) < 4.78 is 5.14. The molecule has 0 fully saturated rings. The van der Waals surface area contributed by atoms with Gasteiger partial charge in [-0.1, -0.05) is 6.08 Å². The lowest BCUT2D eigenvalue weighted by molar-refractivity contribution is 0.300. The Balaban J connectivity index is 2.21. The molecular weight excluding hydrogens is 150 g/mol. The SMILES string of the molecule is COC1=C[C@@H]2N=C(C)C[C@@H]2C=C1. The Morgan fingerprint density at radius 3 is 3.17 bits per heavy atom. The molecule has 0 bridgehead atoms. The zero-order chi connectivity index (χ0) is 8.55. The van der Waals surface area contributed by atoms with Crippen molar-refractivity contribution in [3.05, 3.63) is 24.0 Å². The van der Waals surface area contributed by atoms with Gasteiger partial charge in [-0.15, -0.1) is 0 Å². The van der Waals surface area contributed by atoms with Crippen LogP contribution in [-0.2, 0) is 4.74 Å². The van der Waals surface area contributed by atoms with E-state index in [0.717, 1.165) is 12.2 Å². The molecule has 0 amide bonds. The van der Waals surface area contributed by atoms with Gasteiger partial charge in [-0.2, -0.15) is 0 Å². The standard InChI is InChI=1S/C10H13NO/c1-7-5-8-3-4-9(12-2)6-10(8)11-7/h3-4,6,8,10H,5H2,1-2H3/t8-,10-/m0/s1. The van der Waals surface area contributed by atoms with Crippen LogP contribution >= 0.6 is 0 Å². The number of hydrogen-bond donors (Lipinski definition) is 0. The smallest absolute Gasteiger partial charge is 0.116 e. The Kier molecular flexibility index (Phi) is 1.75. The van der Waals surface area contributed by atoms with Gasteiger partial charge in [-0.25, -0.2) is 0 Å². The number of aliphatic imine (C=N–C) groups is 1. The zero-order valence-corrected chi connectivity index (χ0v) is 7.45. The molecule has 1 aliphatic carbocycles. The summed E-state index contributed by atoms with van der Waals surface area (Å²) >= 11 is 0. The van der Waals surface area contributed by atoms with Gasteiger partial charge in [0.05, 0.1) is 13.2 Å². The monoisotopic (exact) mass is 163 g/mol. The van der Waals surface area contributed by atoms with E-state index in [1.165, 1.54) is 5.71 Å². The van der Waals surface area contributed by atoms with Gasteiger partial charge in [0, 0.05) is 11.6 Å². The Labute approximate surface area is 72.6 Å². The van der Waals surface area contributed by atoms with E-state index in [9.17, 15) is 0 Å². The van der Waals surface area contributed by atoms with Gasteiger partial charge < -0.3 is 4.74 Å². The molecule has 2 atom stereocenters. The van der Waals surface area contributed by atoms with Crippen molar-refractivity contribution in [3.63, 3.8) is 0 Å². The van der Waals surface area contributed by atoms with E-state index in [0.29, 0.717) is 12.0 Å². The molecule has 1 aliphatic heterocycles. The molecule has 0 aromatic heterocycles. The molecule has 0 N–H and O–H groups in total. The number of fused-ring (bicyclic) bond motifs is 1. The van der Waals surface area contributed by atoms with Crippen LogP contribution in [-0.4, -0.2) is 18.9 Å². The zero-order valence-electron chi connectivity index (χ0n) is 7.45. The van der Waals surface area contributed by atoms with Crippen LogP contribution in [0.25, 0.3) is 0 Å². The van der Waals surface area contributed by atoms with E-state index >= 15 is 0 Å². The fourth-order valence-corrected chi connectivity index (χ4v) is 1.79. The normalized spacial score (nSPS) is 32.5. The number of ether oxygens (including phenoxy) is 1. The maximum Gasteiger partial charge on any atom is 0.116 e. The molecule has 1 heterocycles. The second kappa shape index (κ2) is 2.77. The fraction of sp³-hybridized carbons (Fsp3) is 0.500. The molecule has 0 aromatic rings. The number of hydrogen-bond acceptors (Lipinski definition) is 2. The van der Waals surface area contributed by atoms with Crippen molar-refractivity contribution in [2.24, 2.45) is 10.9 Å². The van der Waals surface area contributed by atoms with Crippen molar-refractivity contribution < 1.29 is 4.74 Å². The van der Waals surface area contributed by atoms with Gasteiger partial charge in [-0.3, -0.25) is 4.99 Å². The Hall–Kier alpha value is -1.05. The first-order valence-electron chi connectivity index (χ1n) is 4.27. The van der Waals surface area contributed by atoms with Crippen LogP contribution in [0.5, 0.6) is 0 Å². The van der Waals surface area contributed by atoms with Gasteiger partial charge in [0.1, 0.15) is 5.76 Å². The maximum absolute atomic E-state index is 5.14. The highest BCUT2D eigenvalue weighted by Gasteiger charge is 2.26. The minimum absolute atomic E-state index is 0.338. The molecule has 0 radical (unpaired) electrons.